The largest absolute Gasteiger partial charge is 0.357 e. The molecule has 2 heteroatoms. The van der Waals surface area contributed by atoms with Gasteiger partial charge in [0.1, 0.15) is 0 Å². The molecule has 90 valence electrons. The van der Waals surface area contributed by atoms with Crippen molar-refractivity contribution in [1.29, 1.82) is 0 Å². The van der Waals surface area contributed by atoms with E-state index in [9.17, 15) is 0 Å². The third kappa shape index (κ3) is 1.77. The molecule has 0 saturated carbocycles. The standard InChI is InChI=1S/C15H20N2/c1-10(2)11-4-5-12-13-6-7-17(3)9-15(13)16-14(12)8-11/h4-5,8,10,16H,6-7,9H2,1-3H3. The number of rotatable bonds is 1. The van der Waals surface area contributed by atoms with Crippen molar-refractivity contribution in [3.8, 4) is 0 Å². The highest BCUT2D eigenvalue weighted by atomic mass is 15.1. The van der Waals surface area contributed by atoms with Gasteiger partial charge < -0.3 is 9.88 Å². The fourth-order valence-electron chi connectivity index (χ4n) is 2.76. The number of benzene rings is 1. The third-order valence-corrected chi connectivity index (χ3v) is 3.86. The number of aromatic nitrogens is 1. The van der Waals surface area contributed by atoms with E-state index in [-0.39, 0.29) is 0 Å². The molecule has 1 aliphatic rings. The molecule has 0 atom stereocenters. The fraction of sp³-hybridized carbons (Fsp3) is 0.467. The first-order valence-corrected chi connectivity index (χ1v) is 6.47. The summed E-state index contributed by atoms with van der Waals surface area (Å²) in [7, 11) is 2.19. The highest BCUT2D eigenvalue weighted by Gasteiger charge is 2.18. The first kappa shape index (κ1) is 10.8. The number of likely N-dealkylation sites (N-methyl/N-ethyl adjacent to an activating group) is 1. The van der Waals surface area contributed by atoms with Crippen LogP contribution >= 0.6 is 0 Å². The minimum absolute atomic E-state index is 0.599. The summed E-state index contributed by atoms with van der Waals surface area (Å²) in [5.74, 6) is 0.599. The molecule has 0 spiro atoms. The number of H-pyrrole nitrogens is 1. The fourth-order valence-corrected chi connectivity index (χ4v) is 2.76. The Hall–Kier alpha value is -1.28. The molecule has 0 saturated heterocycles. The van der Waals surface area contributed by atoms with Gasteiger partial charge in [0, 0.05) is 29.7 Å². The number of hydrogen-bond donors (Lipinski definition) is 1. The van der Waals surface area contributed by atoms with Crippen LogP contribution < -0.4 is 0 Å². The lowest BCUT2D eigenvalue weighted by molar-refractivity contribution is 0.310. The molecule has 0 amide bonds. The van der Waals surface area contributed by atoms with E-state index >= 15 is 0 Å². The summed E-state index contributed by atoms with van der Waals surface area (Å²) in [6, 6.07) is 6.89. The lowest BCUT2D eigenvalue weighted by Crippen LogP contribution is -2.26. The summed E-state index contributed by atoms with van der Waals surface area (Å²) in [5, 5.41) is 1.43. The van der Waals surface area contributed by atoms with Crippen LogP contribution in [0.5, 0.6) is 0 Å². The zero-order valence-electron chi connectivity index (χ0n) is 10.9. The SMILES string of the molecule is CC(C)c1ccc2c3c([nH]c2c1)CN(C)CC3. The first-order valence-electron chi connectivity index (χ1n) is 6.47. The molecule has 1 aliphatic heterocycles. The van der Waals surface area contributed by atoms with Crippen LogP contribution in [0.2, 0.25) is 0 Å². The average molecular weight is 228 g/mol. The highest BCUT2D eigenvalue weighted by molar-refractivity contribution is 5.85. The number of fused-ring (bicyclic) bond motifs is 3. The quantitative estimate of drug-likeness (QED) is 0.793. The molecule has 2 aromatic rings. The van der Waals surface area contributed by atoms with Gasteiger partial charge in [0.25, 0.3) is 0 Å². The van der Waals surface area contributed by atoms with Crippen molar-refractivity contribution in [1.82, 2.24) is 9.88 Å². The lowest BCUT2D eigenvalue weighted by Gasteiger charge is -2.22. The molecule has 1 aromatic heterocycles. The Kier molecular flexibility index (Phi) is 2.48. The van der Waals surface area contributed by atoms with Gasteiger partial charge in [-0.1, -0.05) is 26.0 Å². The molecule has 0 unspecified atom stereocenters. The van der Waals surface area contributed by atoms with Crippen LogP contribution in [0.1, 0.15) is 36.6 Å². The molecule has 1 aromatic carbocycles. The Bertz CT molecular complexity index is 551. The van der Waals surface area contributed by atoms with Crippen molar-refractivity contribution < 1.29 is 0 Å². The van der Waals surface area contributed by atoms with Gasteiger partial charge in [-0.15, -0.1) is 0 Å². The molecule has 1 N–H and O–H groups in total. The molecule has 3 rings (SSSR count). The second kappa shape index (κ2) is 3.88. The van der Waals surface area contributed by atoms with Crippen molar-refractivity contribution in [3.63, 3.8) is 0 Å². The van der Waals surface area contributed by atoms with E-state index in [0.717, 1.165) is 6.54 Å². The lowest BCUT2D eigenvalue weighted by atomic mass is 9.99. The van der Waals surface area contributed by atoms with Crippen molar-refractivity contribution in [2.75, 3.05) is 13.6 Å². The van der Waals surface area contributed by atoms with Gasteiger partial charge >= 0.3 is 0 Å². The van der Waals surface area contributed by atoms with Gasteiger partial charge in [0.05, 0.1) is 0 Å². The molecule has 17 heavy (non-hydrogen) atoms. The van der Waals surface area contributed by atoms with Crippen LogP contribution in [0, 0.1) is 0 Å². The van der Waals surface area contributed by atoms with Gasteiger partial charge in [0.2, 0.25) is 0 Å². The van der Waals surface area contributed by atoms with E-state index in [1.807, 2.05) is 0 Å². The Morgan fingerprint density at radius 1 is 1.29 bits per heavy atom. The summed E-state index contributed by atoms with van der Waals surface area (Å²) >= 11 is 0. The second-order valence-electron chi connectivity index (χ2n) is 5.53. The summed E-state index contributed by atoms with van der Waals surface area (Å²) in [6.07, 6.45) is 1.17. The molecule has 0 aliphatic carbocycles. The van der Waals surface area contributed by atoms with Crippen LogP contribution in [-0.4, -0.2) is 23.5 Å². The highest BCUT2D eigenvalue weighted by Crippen LogP contribution is 2.29. The Balaban J connectivity index is 2.14. The number of aromatic amines is 1. The number of nitrogens with one attached hydrogen (secondary N) is 1. The van der Waals surface area contributed by atoms with Gasteiger partial charge in [0.15, 0.2) is 0 Å². The van der Waals surface area contributed by atoms with Crippen LogP contribution in [0.15, 0.2) is 18.2 Å². The molecular weight excluding hydrogens is 208 g/mol. The Morgan fingerprint density at radius 2 is 2.12 bits per heavy atom. The maximum Gasteiger partial charge on any atom is 0.0462 e. The maximum absolute atomic E-state index is 3.60. The molecule has 2 nitrogen and oxygen atoms in total. The minimum Gasteiger partial charge on any atom is -0.357 e. The van der Waals surface area contributed by atoms with Crippen LogP contribution in [0.25, 0.3) is 10.9 Å². The molecule has 0 radical (unpaired) electrons. The van der Waals surface area contributed by atoms with Crippen LogP contribution in [0.4, 0.5) is 0 Å². The number of hydrogen-bond acceptors (Lipinski definition) is 1. The summed E-state index contributed by atoms with van der Waals surface area (Å²) in [5.41, 5.74) is 5.68. The van der Waals surface area contributed by atoms with Gasteiger partial charge in [-0.25, -0.2) is 0 Å². The van der Waals surface area contributed by atoms with E-state index in [1.54, 1.807) is 0 Å². The zero-order chi connectivity index (χ0) is 12.0. The Morgan fingerprint density at radius 3 is 2.88 bits per heavy atom. The van der Waals surface area contributed by atoms with E-state index in [2.05, 4.69) is 49.0 Å². The predicted octanol–water partition coefficient (Wildman–Crippen LogP) is 3.28. The Labute approximate surface area is 103 Å². The average Bonchev–Trinajstić information content (AvgIpc) is 2.64. The van der Waals surface area contributed by atoms with Crippen molar-refractivity contribution in [2.24, 2.45) is 0 Å². The van der Waals surface area contributed by atoms with Crippen molar-refractivity contribution in [2.45, 2.75) is 32.7 Å². The van der Waals surface area contributed by atoms with Gasteiger partial charge in [-0.05, 0) is 36.6 Å². The smallest absolute Gasteiger partial charge is 0.0462 e. The van der Waals surface area contributed by atoms with Crippen molar-refractivity contribution >= 4 is 10.9 Å². The van der Waals surface area contributed by atoms with Crippen LogP contribution in [0.3, 0.4) is 0 Å². The van der Waals surface area contributed by atoms with E-state index in [4.69, 9.17) is 0 Å². The summed E-state index contributed by atoms with van der Waals surface area (Å²) < 4.78 is 0. The normalized spacial score (nSPS) is 16.7. The third-order valence-electron chi connectivity index (χ3n) is 3.86. The predicted molar refractivity (Wildman–Crippen MR) is 72.4 cm³/mol. The second-order valence-corrected chi connectivity index (χ2v) is 5.53. The summed E-state index contributed by atoms with van der Waals surface area (Å²) in [6.45, 7) is 6.72. The zero-order valence-corrected chi connectivity index (χ0v) is 10.9. The first-order chi connectivity index (χ1) is 8.15. The van der Waals surface area contributed by atoms with Crippen molar-refractivity contribution in [3.05, 3.63) is 35.0 Å². The number of nitrogens with zero attached hydrogens (tertiary/aromatic N) is 1. The topological polar surface area (TPSA) is 19.0 Å². The van der Waals surface area contributed by atoms with E-state index in [1.165, 1.54) is 40.7 Å². The summed E-state index contributed by atoms with van der Waals surface area (Å²) in [4.78, 5) is 5.98. The molecule has 2 heterocycles. The maximum atomic E-state index is 3.60. The minimum atomic E-state index is 0.599. The molecule has 0 bridgehead atoms. The van der Waals surface area contributed by atoms with Crippen LogP contribution in [-0.2, 0) is 13.0 Å². The van der Waals surface area contributed by atoms with Gasteiger partial charge in [-0.3, -0.25) is 0 Å². The monoisotopic (exact) mass is 228 g/mol. The van der Waals surface area contributed by atoms with E-state index in [0.29, 0.717) is 5.92 Å². The van der Waals surface area contributed by atoms with E-state index < -0.39 is 0 Å². The molecular formula is C15H20N2. The van der Waals surface area contributed by atoms with Gasteiger partial charge in [-0.2, -0.15) is 0 Å². The molecule has 0 fully saturated rings.